The summed E-state index contributed by atoms with van der Waals surface area (Å²) in [5.74, 6) is 0.0105. The molecule has 0 fully saturated rings. The van der Waals surface area contributed by atoms with Gasteiger partial charge in [0.15, 0.2) is 0 Å². The standard InChI is InChI=1S/C25H52N4O4/c1-11-28-23(6,7)12-13-33-25(9,27)15-21(31)29(10)16-22(4,5)17-32-18-24(8,26)14-20(30)19(2)3/h19,28H,11-18,26-27H2,1-10H3. The first-order valence-corrected chi connectivity index (χ1v) is 12.1. The molecule has 0 aliphatic carbocycles. The SMILES string of the molecule is CCNC(C)(C)CCOC(C)(N)CC(=O)N(C)CC(C)(C)COCC(C)(N)CC(=O)C(C)C. The smallest absolute Gasteiger partial charge is 0.226 e. The number of amides is 1. The minimum atomic E-state index is -1.03. The Bertz CT molecular complexity index is 616. The van der Waals surface area contributed by atoms with E-state index in [0.717, 1.165) is 13.0 Å². The van der Waals surface area contributed by atoms with Gasteiger partial charge in [-0.25, -0.2) is 0 Å². The Labute approximate surface area is 202 Å². The van der Waals surface area contributed by atoms with Crippen LogP contribution in [0.4, 0.5) is 0 Å². The molecule has 0 radical (unpaired) electrons. The van der Waals surface area contributed by atoms with Crippen LogP contribution < -0.4 is 16.8 Å². The molecule has 196 valence electrons. The van der Waals surface area contributed by atoms with Gasteiger partial charge in [-0.15, -0.1) is 0 Å². The van der Waals surface area contributed by atoms with Crippen LogP contribution in [0.25, 0.3) is 0 Å². The highest BCUT2D eigenvalue weighted by atomic mass is 16.5. The van der Waals surface area contributed by atoms with E-state index in [1.807, 2.05) is 34.6 Å². The molecule has 0 saturated heterocycles. The maximum Gasteiger partial charge on any atom is 0.226 e. The lowest BCUT2D eigenvalue weighted by atomic mass is 9.91. The number of hydrogen-bond acceptors (Lipinski definition) is 7. The Balaban J connectivity index is 4.57. The Hall–Kier alpha value is -1.06. The van der Waals surface area contributed by atoms with Gasteiger partial charge in [-0.05, 0) is 40.7 Å². The van der Waals surface area contributed by atoms with E-state index in [9.17, 15) is 9.59 Å². The quantitative estimate of drug-likeness (QED) is 0.278. The summed E-state index contributed by atoms with van der Waals surface area (Å²) in [6.07, 6.45) is 1.18. The summed E-state index contributed by atoms with van der Waals surface area (Å²) in [6, 6.07) is 0. The van der Waals surface area contributed by atoms with Crippen molar-refractivity contribution in [2.24, 2.45) is 22.8 Å². The molecule has 0 aromatic heterocycles. The number of carbonyl (C=O) groups is 2. The number of nitrogens with zero attached hydrogens (tertiary/aromatic N) is 1. The summed E-state index contributed by atoms with van der Waals surface area (Å²) in [7, 11) is 1.77. The molecule has 0 saturated carbocycles. The summed E-state index contributed by atoms with van der Waals surface area (Å²) in [6.45, 7) is 20.2. The van der Waals surface area contributed by atoms with Crippen molar-refractivity contribution in [1.82, 2.24) is 10.2 Å². The van der Waals surface area contributed by atoms with Crippen LogP contribution in [-0.2, 0) is 19.1 Å². The van der Waals surface area contributed by atoms with Crippen LogP contribution in [0.3, 0.4) is 0 Å². The third-order valence-corrected chi connectivity index (χ3v) is 5.55. The van der Waals surface area contributed by atoms with E-state index in [2.05, 4.69) is 26.1 Å². The number of ketones is 1. The fraction of sp³-hybridized carbons (Fsp3) is 0.920. The lowest BCUT2D eigenvalue weighted by Crippen LogP contribution is -2.48. The molecule has 2 atom stereocenters. The van der Waals surface area contributed by atoms with Gasteiger partial charge in [0, 0.05) is 42.4 Å². The van der Waals surface area contributed by atoms with Crippen LogP contribution in [0.5, 0.6) is 0 Å². The second kappa shape index (κ2) is 13.1. The van der Waals surface area contributed by atoms with Crippen molar-refractivity contribution < 1.29 is 19.1 Å². The molecular formula is C25H52N4O4. The lowest BCUT2D eigenvalue weighted by Gasteiger charge is -2.34. The molecule has 5 N–H and O–H groups in total. The molecule has 0 aliphatic rings. The molecule has 33 heavy (non-hydrogen) atoms. The largest absolute Gasteiger partial charge is 0.379 e. The molecule has 0 aliphatic heterocycles. The molecule has 0 heterocycles. The zero-order valence-electron chi connectivity index (χ0n) is 23.0. The normalized spacial score (nSPS) is 16.4. The summed E-state index contributed by atoms with van der Waals surface area (Å²) < 4.78 is 11.7. The van der Waals surface area contributed by atoms with E-state index in [0.29, 0.717) is 19.8 Å². The van der Waals surface area contributed by atoms with E-state index in [-0.39, 0.29) is 48.0 Å². The van der Waals surface area contributed by atoms with Gasteiger partial charge in [0.1, 0.15) is 11.5 Å². The molecule has 1 amide bonds. The van der Waals surface area contributed by atoms with Crippen molar-refractivity contribution in [2.45, 2.75) is 98.4 Å². The summed E-state index contributed by atoms with van der Waals surface area (Å²) >= 11 is 0. The minimum Gasteiger partial charge on any atom is -0.379 e. The maximum absolute atomic E-state index is 12.8. The molecule has 0 rings (SSSR count). The van der Waals surface area contributed by atoms with E-state index in [4.69, 9.17) is 20.9 Å². The van der Waals surface area contributed by atoms with E-state index in [1.165, 1.54) is 0 Å². The van der Waals surface area contributed by atoms with Crippen LogP contribution in [0.1, 0.15) is 81.6 Å². The van der Waals surface area contributed by atoms with Gasteiger partial charge in [-0.1, -0.05) is 34.6 Å². The Morgan fingerprint density at radius 2 is 1.58 bits per heavy atom. The Morgan fingerprint density at radius 3 is 2.09 bits per heavy atom. The summed E-state index contributed by atoms with van der Waals surface area (Å²) in [5.41, 5.74) is 10.4. The third kappa shape index (κ3) is 14.7. The highest BCUT2D eigenvalue weighted by Gasteiger charge is 2.30. The number of rotatable bonds is 17. The van der Waals surface area contributed by atoms with Crippen molar-refractivity contribution in [3.63, 3.8) is 0 Å². The molecule has 8 heteroatoms. The number of hydrogen-bond donors (Lipinski definition) is 3. The van der Waals surface area contributed by atoms with Gasteiger partial charge in [0.05, 0.1) is 26.2 Å². The third-order valence-electron chi connectivity index (χ3n) is 5.55. The van der Waals surface area contributed by atoms with Crippen molar-refractivity contribution in [2.75, 3.05) is 40.0 Å². The van der Waals surface area contributed by atoms with Crippen LogP contribution >= 0.6 is 0 Å². The number of ether oxygens (including phenoxy) is 2. The highest BCUT2D eigenvalue weighted by Crippen LogP contribution is 2.21. The number of Topliss-reactive ketones (excluding diaryl/α,β-unsaturated/α-hetero) is 1. The van der Waals surface area contributed by atoms with Gasteiger partial charge < -0.3 is 31.2 Å². The first-order chi connectivity index (χ1) is 14.8. The van der Waals surface area contributed by atoms with Gasteiger partial charge in [-0.3, -0.25) is 9.59 Å². The zero-order chi connectivity index (χ0) is 26.1. The fourth-order valence-electron chi connectivity index (χ4n) is 3.58. The first-order valence-electron chi connectivity index (χ1n) is 12.1. The van der Waals surface area contributed by atoms with Gasteiger partial charge in [-0.2, -0.15) is 0 Å². The molecule has 0 aromatic carbocycles. The molecule has 2 unspecified atom stereocenters. The van der Waals surface area contributed by atoms with Crippen LogP contribution in [0.2, 0.25) is 0 Å². The lowest BCUT2D eigenvalue weighted by molar-refractivity contribution is -0.139. The van der Waals surface area contributed by atoms with Gasteiger partial charge in [0.25, 0.3) is 0 Å². The van der Waals surface area contributed by atoms with E-state index >= 15 is 0 Å². The topological polar surface area (TPSA) is 120 Å². The predicted octanol–water partition coefficient (Wildman–Crippen LogP) is 2.68. The summed E-state index contributed by atoms with van der Waals surface area (Å²) in [4.78, 5) is 26.4. The van der Waals surface area contributed by atoms with Crippen molar-refractivity contribution in [3.8, 4) is 0 Å². The number of nitrogens with two attached hydrogens (primary N) is 2. The highest BCUT2D eigenvalue weighted by molar-refractivity contribution is 5.81. The minimum absolute atomic E-state index is 0.0410. The van der Waals surface area contributed by atoms with E-state index in [1.54, 1.807) is 18.9 Å². The fourth-order valence-corrected chi connectivity index (χ4v) is 3.58. The average Bonchev–Trinajstić information content (AvgIpc) is 2.59. The molecule has 0 bridgehead atoms. The van der Waals surface area contributed by atoms with Crippen molar-refractivity contribution >= 4 is 11.7 Å². The number of nitrogens with one attached hydrogen (secondary N) is 1. The second-order valence-corrected chi connectivity index (χ2v) is 11.9. The zero-order valence-corrected chi connectivity index (χ0v) is 23.0. The van der Waals surface area contributed by atoms with Gasteiger partial charge >= 0.3 is 0 Å². The Kier molecular flexibility index (Phi) is 12.7. The van der Waals surface area contributed by atoms with Crippen LogP contribution in [0, 0.1) is 11.3 Å². The second-order valence-electron chi connectivity index (χ2n) is 11.9. The van der Waals surface area contributed by atoms with Crippen LogP contribution in [0.15, 0.2) is 0 Å². The average molecular weight is 473 g/mol. The molecule has 0 spiro atoms. The molecule has 8 nitrogen and oxygen atoms in total. The summed E-state index contributed by atoms with van der Waals surface area (Å²) in [5, 5.41) is 3.40. The Morgan fingerprint density at radius 1 is 1.00 bits per heavy atom. The van der Waals surface area contributed by atoms with E-state index < -0.39 is 11.3 Å². The van der Waals surface area contributed by atoms with Gasteiger partial charge in [0.2, 0.25) is 5.91 Å². The monoisotopic (exact) mass is 472 g/mol. The molecule has 0 aromatic rings. The van der Waals surface area contributed by atoms with Crippen molar-refractivity contribution in [1.29, 1.82) is 0 Å². The van der Waals surface area contributed by atoms with Crippen molar-refractivity contribution in [3.05, 3.63) is 0 Å². The van der Waals surface area contributed by atoms with Crippen LogP contribution in [-0.4, -0.2) is 73.4 Å². The molecular weight excluding hydrogens is 420 g/mol. The maximum atomic E-state index is 12.8. The number of carbonyl (C=O) groups excluding carboxylic acids is 2. The predicted molar refractivity (Wildman–Crippen MR) is 135 cm³/mol. The first kappa shape index (κ1) is 31.9.